The highest BCUT2D eigenvalue weighted by Crippen LogP contribution is 2.24. The second-order valence-electron chi connectivity index (χ2n) is 7.34. The van der Waals surface area contributed by atoms with Gasteiger partial charge in [0.05, 0.1) is 19.3 Å². The first-order valence-electron chi connectivity index (χ1n) is 10.6. The summed E-state index contributed by atoms with van der Waals surface area (Å²) in [6.07, 6.45) is 1.95. The Labute approximate surface area is 187 Å². The lowest BCUT2D eigenvalue weighted by molar-refractivity contribution is 0.0170. The summed E-state index contributed by atoms with van der Waals surface area (Å²) in [7, 11) is 0. The van der Waals surface area contributed by atoms with Gasteiger partial charge >= 0.3 is 0 Å². The number of rotatable bonds is 7. The molecule has 0 aliphatic carbocycles. The van der Waals surface area contributed by atoms with E-state index < -0.39 is 0 Å². The van der Waals surface area contributed by atoms with E-state index in [9.17, 15) is 0 Å². The molecule has 3 heterocycles. The Balaban J connectivity index is 1.49. The maximum atomic E-state index is 6.28. The standard InChI is InChI=1S/C22H28ClN7O/c1-2-24-22(26-16-21-28-27-20-8-3-4-9-30(20)21)25-15-19(29-10-12-31-13-11-29)17-6-5-7-18(23)14-17/h3-9,14,19H,2,10-13,15-16H2,1H3,(H2,24,25,26). The second kappa shape index (κ2) is 10.6. The van der Waals surface area contributed by atoms with Crippen molar-refractivity contribution in [3.8, 4) is 0 Å². The van der Waals surface area contributed by atoms with Crippen LogP contribution in [0.5, 0.6) is 0 Å². The van der Waals surface area contributed by atoms with Crippen molar-refractivity contribution < 1.29 is 4.74 Å². The van der Waals surface area contributed by atoms with E-state index in [1.165, 1.54) is 5.56 Å². The number of aliphatic imine (C=N–C) groups is 1. The number of guanidine groups is 1. The van der Waals surface area contributed by atoms with Crippen molar-refractivity contribution in [1.82, 2.24) is 30.1 Å². The predicted molar refractivity (Wildman–Crippen MR) is 122 cm³/mol. The van der Waals surface area contributed by atoms with Crippen LogP contribution in [0.4, 0.5) is 0 Å². The molecule has 1 aliphatic rings. The van der Waals surface area contributed by atoms with Gasteiger partial charge in [0, 0.05) is 37.4 Å². The Morgan fingerprint density at radius 1 is 1.16 bits per heavy atom. The second-order valence-corrected chi connectivity index (χ2v) is 7.78. The van der Waals surface area contributed by atoms with Gasteiger partial charge in [0.15, 0.2) is 17.4 Å². The van der Waals surface area contributed by atoms with Crippen LogP contribution in [0.1, 0.15) is 24.4 Å². The van der Waals surface area contributed by atoms with Crippen molar-refractivity contribution in [1.29, 1.82) is 0 Å². The first-order chi connectivity index (χ1) is 15.2. The van der Waals surface area contributed by atoms with Crippen LogP contribution in [-0.2, 0) is 11.3 Å². The first kappa shape index (κ1) is 21.5. The Morgan fingerprint density at radius 3 is 2.84 bits per heavy atom. The normalized spacial score (nSPS) is 16.4. The molecule has 1 aromatic carbocycles. The Bertz CT molecular complexity index is 1020. The molecule has 8 nitrogen and oxygen atoms in total. The lowest BCUT2D eigenvalue weighted by Crippen LogP contribution is -2.46. The van der Waals surface area contributed by atoms with Gasteiger partial charge in [-0.05, 0) is 36.8 Å². The fraction of sp³-hybridized carbons (Fsp3) is 0.409. The van der Waals surface area contributed by atoms with Crippen LogP contribution in [0.3, 0.4) is 0 Å². The zero-order valence-corrected chi connectivity index (χ0v) is 18.4. The summed E-state index contributed by atoms with van der Waals surface area (Å²) in [6.45, 7) is 7.21. The number of pyridine rings is 1. The van der Waals surface area contributed by atoms with E-state index in [-0.39, 0.29) is 6.04 Å². The van der Waals surface area contributed by atoms with E-state index in [1.54, 1.807) is 0 Å². The van der Waals surface area contributed by atoms with E-state index >= 15 is 0 Å². The van der Waals surface area contributed by atoms with Crippen molar-refractivity contribution in [3.63, 3.8) is 0 Å². The number of aromatic nitrogens is 3. The van der Waals surface area contributed by atoms with Crippen LogP contribution < -0.4 is 10.6 Å². The zero-order valence-electron chi connectivity index (χ0n) is 17.7. The van der Waals surface area contributed by atoms with E-state index in [1.807, 2.05) is 47.0 Å². The van der Waals surface area contributed by atoms with Crippen LogP contribution in [0.2, 0.25) is 5.02 Å². The lowest BCUT2D eigenvalue weighted by Gasteiger charge is -2.35. The lowest BCUT2D eigenvalue weighted by atomic mass is 10.0. The molecule has 1 aliphatic heterocycles. The molecular weight excluding hydrogens is 414 g/mol. The molecule has 1 unspecified atom stereocenters. The van der Waals surface area contributed by atoms with Crippen molar-refractivity contribution in [2.45, 2.75) is 19.5 Å². The molecule has 31 heavy (non-hydrogen) atoms. The van der Waals surface area contributed by atoms with Gasteiger partial charge in [0.1, 0.15) is 6.54 Å². The van der Waals surface area contributed by atoms with Crippen molar-refractivity contribution in [2.75, 3.05) is 39.4 Å². The highest BCUT2D eigenvalue weighted by Gasteiger charge is 2.23. The topological polar surface area (TPSA) is 79.1 Å². The van der Waals surface area contributed by atoms with Crippen molar-refractivity contribution in [2.24, 2.45) is 4.99 Å². The third-order valence-electron chi connectivity index (χ3n) is 5.29. The number of hydrogen-bond acceptors (Lipinski definition) is 5. The average Bonchev–Trinajstić information content (AvgIpc) is 3.21. The molecule has 0 saturated carbocycles. The number of halogens is 1. The van der Waals surface area contributed by atoms with E-state index in [2.05, 4.69) is 38.7 Å². The number of nitrogens with one attached hydrogen (secondary N) is 2. The van der Waals surface area contributed by atoms with Crippen LogP contribution in [0, 0.1) is 0 Å². The minimum atomic E-state index is 0.167. The van der Waals surface area contributed by atoms with Crippen LogP contribution in [0.25, 0.3) is 5.65 Å². The molecule has 1 atom stereocenters. The summed E-state index contributed by atoms with van der Waals surface area (Å²) >= 11 is 6.28. The number of hydrogen-bond donors (Lipinski definition) is 2. The summed E-state index contributed by atoms with van der Waals surface area (Å²) in [5.74, 6) is 1.54. The molecular formula is C22H28ClN7O. The minimum Gasteiger partial charge on any atom is -0.379 e. The highest BCUT2D eigenvalue weighted by molar-refractivity contribution is 6.30. The molecule has 0 radical (unpaired) electrons. The maximum absolute atomic E-state index is 6.28. The molecule has 1 fully saturated rings. The molecule has 0 amide bonds. The van der Waals surface area contributed by atoms with Gasteiger partial charge in [-0.2, -0.15) is 0 Å². The van der Waals surface area contributed by atoms with Gasteiger partial charge in [-0.15, -0.1) is 10.2 Å². The molecule has 2 aromatic heterocycles. The van der Waals surface area contributed by atoms with Crippen LogP contribution in [0.15, 0.2) is 53.7 Å². The highest BCUT2D eigenvalue weighted by atomic mass is 35.5. The van der Waals surface area contributed by atoms with Crippen LogP contribution in [-0.4, -0.2) is 64.9 Å². The monoisotopic (exact) mass is 441 g/mol. The SMILES string of the molecule is CCNC(=NCc1nnc2ccccn12)NCC(c1cccc(Cl)c1)N1CCOCC1. The van der Waals surface area contributed by atoms with Gasteiger partial charge in [-0.3, -0.25) is 9.30 Å². The first-order valence-corrected chi connectivity index (χ1v) is 11.0. The summed E-state index contributed by atoms with van der Waals surface area (Å²) in [4.78, 5) is 7.16. The van der Waals surface area contributed by atoms with Gasteiger partial charge in [-0.1, -0.05) is 29.8 Å². The van der Waals surface area contributed by atoms with Crippen molar-refractivity contribution in [3.05, 3.63) is 65.1 Å². The number of morpholine rings is 1. The molecule has 164 valence electrons. The maximum Gasteiger partial charge on any atom is 0.191 e. The number of benzene rings is 1. The average molecular weight is 442 g/mol. The molecule has 1 saturated heterocycles. The number of ether oxygens (including phenoxy) is 1. The van der Waals surface area contributed by atoms with Gasteiger partial charge in [0.25, 0.3) is 0 Å². The fourth-order valence-electron chi connectivity index (χ4n) is 3.74. The zero-order chi connectivity index (χ0) is 21.5. The summed E-state index contributed by atoms with van der Waals surface area (Å²) in [6, 6.07) is 14.1. The van der Waals surface area contributed by atoms with Crippen molar-refractivity contribution >= 4 is 23.2 Å². The molecule has 4 rings (SSSR count). The van der Waals surface area contributed by atoms with E-state index in [4.69, 9.17) is 21.3 Å². The Morgan fingerprint density at radius 2 is 2.03 bits per heavy atom. The van der Waals surface area contributed by atoms with Gasteiger partial charge < -0.3 is 15.4 Å². The molecule has 2 N–H and O–H groups in total. The molecule has 0 bridgehead atoms. The largest absolute Gasteiger partial charge is 0.379 e. The predicted octanol–water partition coefficient (Wildman–Crippen LogP) is 2.51. The third kappa shape index (κ3) is 5.52. The number of fused-ring (bicyclic) bond motifs is 1. The molecule has 0 spiro atoms. The quantitative estimate of drug-likeness (QED) is 0.433. The smallest absolute Gasteiger partial charge is 0.191 e. The summed E-state index contributed by atoms with van der Waals surface area (Å²) in [5.41, 5.74) is 2.00. The van der Waals surface area contributed by atoms with Crippen LogP contribution >= 0.6 is 11.6 Å². The fourth-order valence-corrected chi connectivity index (χ4v) is 3.94. The summed E-state index contributed by atoms with van der Waals surface area (Å²) < 4.78 is 7.50. The van der Waals surface area contributed by atoms with Gasteiger partial charge in [0.2, 0.25) is 0 Å². The molecule has 9 heteroatoms. The summed E-state index contributed by atoms with van der Waals surface area (Å²) in [5, 5.41) is 16.0. The minimum absolute atomic E-state index is 0.167. The van der Waals surface area contributed by atoms with E-state index in [0.717, 1.165) is 55.3 Å². The van der Waals surface area contributed by atoms with E-state index in [0.29, 0.717) is 13.1 Å². The number of nitrogens with zero attached hydrogens (tertiary/aromatic N) is 5. The third-order valence-corrected chi connectivity index (χ3v) is 5.52. The Hall–Kier alpha value is -2.68. The molecule has 3 aromatic rings. The van der Waals surface area contributed by atoms with Gasteiger partial charge in [-0.25, -0.2) is 4.99 Å². The Kier molecular flexibility index (Phi) is 7.35.